The Bertz CT molecular complexity index is 735. The van der Waals surface area contributed by atoms with Gasteiger partial charge in [-0.3, -0.25) is 14.6 Å². The number of aromatic nitrogens is 3. The third-order valence-corrected chi connectivity index (χ3v) is 6.45. The molecule has 0 aromatic carbocycles. The monoisotopic (exact) mass is 374 g/mol. The van der Waals surface area contributed by atoms with Gasteiger partial charge in [0.05, 0.1) is 18.1 Å². The second-order valence-electron chi connectivity index (χ2n) is 7.34. The van der Waals surface area contributed by atoms with Crippen molar-refractivity contribution in [2.24, 2.45) is 0 Å². The summed E-state index contributed by atoms with van der Waals surface area (Å²) in [6, 6.07) is 3.04. The van der Waals surface area contributed by atoms with Gasteiger partial charge in [-0.25, -0.2) is 4.68 Å². The summed E-state index contributed by atoms with van der Waals surface area (Å²) >= 11 is 1.48. The molecule has 2 aliphatic rings. The second kappa shape index (κ2) is 7.46. The zero-order chi connectivity index (χ0) is 18.1. The lowest BCUT2D eigenvalue weighted by Gasteiger charge is -2.39. The van der Waals surface area contributed by atoms with Crippen molar-refractivity contribution in [3.8, 4) is 5.69 Å². The predicted molar refractivity (Wildman–Crippen MR) is 102 cm³/mol. The van der Waals surface area contributed by atoms with E-state index in [1.54, 1.807) is 17.1 Å². The summed E-state index contributed by atoms with van der Waals surface area (Å²) in [5.41, 5.74) is 0.825. The Morgan fingerprint density at radius 2 is 2.04 bits per heavy atom. The lowest BCUT2D eigenvalue weighted by Crippen LogP contribution is -2.52. The highest BCUT2D eigenvalue weighted by Crippen LogP contribution is 2.25. The van der Waals surface area contributed by atoms with Crippen LogP contribution in [0.3, 0.4) is 0 Å². The van der Waals surface area contributed by atoms with Gasteiger partial charge < -0.3 is 4.90 Å². The standard InChI is InChI=1S/C18H26N6OS/c1-14(2)21-8-10-22(11-9-21)15-3-6-23(13-15)18(25)17-16(4-12-26-17)24-7-5-19-20-24/h4-5,7,12,14-15H,3,6,8-11,13H2,1-2H3. The third kappa shape index (κ3) is 3.41. The number of thiophene rings is 1. The molecule has 0 bridgehead atoms. The first kappa shape index (κ1) is 17.6. The molecule has 0 radical (unpaired) electrons. The van der Waals surface area contributed by atoms with E-state index < -0.39 is 0 Å². The fourth-order valence-corrected chi connectivity index (χ4v) is 4.81. The Kier molecular flexibility index (Phi) is 5.06. The van der Waals surface area contributed by atoms with Gasteiger partial charge in [-0.1, -0.05) is 5.21 Å². The van der Waals surface area contributed by atoms with E-state index in [1.807, 2.05) is 16.3 Å². The van der Waals surface area contributed by atoms with Crippen molar-refractivity contribution in [3.63, 3.8) is 0 Å². The number of likely N-dealkylation sites (tertiary alicyclic amines) is 1. The maximum Gasteiger partial charge on any atom is 0.266 e. The molecule has 2 aliphatic heterocycles. The molecule has 1 unspecified atom stereocenters. The van der Waals surface area contributed by atoms with E-state index in [1.165, 1.54) is 11.3 Å². The van der Waals surface area contributed by atoms with E-state index >= 15 is 0 Å². The van der Waals surface area contributed by atoms with Crippen molar-refractivity contribution in [1.29, 1.82) is 0 Å². The van der Waals surface area contributed by atoms with Gasteiger partial charge in [0.15, 0.2) is 0 Å². The van der Waals surface area contributed by atoms with E-state index in [9.17, 15) is 4.79 Å². The quantitative estimate of drug-likeness (QED) is 0.813. The number of amides is 1. The van der Waals surface area contributed by atoms with Gasteiger partial charge >= 0.3 is 0 Å². The summed E-state index contributed by atoms with van der Waals surface area (Å²) in [5.74, 6) is 0.119. The van der Waals surface area contributed by atoms with Crippen LogP contribution in [-0.4, -0.2) is 87.0 Å². The van der Waals surface area contributed by atoms with Crippen LogP contribution in [0, 0.1) is 0 Å². The highest BCUT2D eigenvalue weighted by molar-refractivity contribution is 7.12. The van der Waals surface area contributed by atoms with E-state index in [4.69, 9.17) is 0 Å². The van der Waals surface area contributed by atoms with Gasteiger partial charge in [-0.2, -0.15) is 0 Å². The summed E-state index contributed by atoms with van der Waals surface area (Å²) < 4.78 is 1.67. The third-order valence-electron chi connectivity index (χ3n) is 5.55. The number of rotatable bonds is 4. The molecule has 1 amide bonds. The summed E-state index contributed by atoms with van der Waals surface area (Å²) in [5, 5.41) is 9.82. The molecule has 0 spiro atoms. The van der Waals surface area contributed by atoms with Gasteiger partial charge in [0.2, 0.25) is 0 Å². The lowest BCUT2D eigenvalue weighted by molar-refractivity contribution is 0.0702. The van der Waals surface area contributed by atoms with Crippen molar-refractivity contribution in [3.05, 3.63) is 28.7 Å². The number of hydrogen-bond acceptors (Lipinski definition) is 6. The molecule has 7 nitrogen and oxygen atoms in total. The minimum Gasteiger partial charge on any atom is -0.336 e. The Balaban J connectivity index is 1.39. The van der Waals surface area contributed by atoms with Gasteiger partial charge in [0, 0.05) is 51.4 Å². The highest BCUT2D eigenvalue weighted by atomic mass is 32.1. The Hall–Kier alpha value is -1.77. The summed E-state index contributed by atoms with van der Waals surface area (Å²) in [6.07, 6.45) is 4.48. The normalized spacial score (nSPS) is 22.4. The van der Waals surface area contributed by atoms with Gasteiger partial charge in [-0.15, -0.1) is 16.4 Å². The van der Waals surface area contributed by atoms with Gasteiger partial charge in [0.25, 0.3) is 5.91 Å². The summed E-state index contributed by atoms with van der Waals surface area (Å²) in [4.78, 5) is 20.9. The van der Waals surface area contributed by atoms with Crippen LogP contribution in [0.1, 0.15) is 29.9 Å². The summed E-state index contributed by atoms with van der Waals surface area (Å²) in [6.45, 7) is 10.7. The first-order chi connectivity index (χ1) is 12.6. The number of carbonyl (C=O) groups excluding carboxylic acids is 1. The van der Waals surface area contributed by atoms with Crippen LogP contribution in [0.4, 0.5) is 0 Å². The molecule has 2 aromatic heterocycles. The van der Waals surface area contributed by atoms with Crippen molar-refractivity contribution in [1.82, 2.24) is 29.7 Å². The Morgan fingerprint density at radius 3 is 2.73 bits per heavy atom. The molecule has 2 aromatic rings. The number of carbonyl (C=O) groups is 1. The molecule has 140 valence electrons. The number of piperazine rings is 1. The zero-order valence-corrected chi connectivity index (χ0v) is 16.2. The molecule has 8 heteroatoms. The predicted octanol–water partition coefficient (Wildman–Crippen LogP) is 1.57. The van der Waals surface area contributed by atoms with Crippen LogP contribution < -0.4 is 0 Å². The molecule has 0 aliphatic carbocycles. The second-order valence-corrected chi connectivity index (χ2v) is 8.26. The van der Waals surface area contributed by atoms with Crippen molar-refractivity contribution >= 4 is 17.2 Å². The van der Waals surface area contributed by atoms with Crippen LogP contribution in [0.2, 0.25) is 0 Å². The van der Waals surface area contributed by atoms with Crippen LogP contribution in [0.5, 0.6) is 0 Å². The first-order valence-corrected chi connectivity index (χ1v) is 10.2. The molecular weight excluding hydrogens is 348 g/mol. The van der Waals surface area contributed by atoms with Crippen LogP contribution in [0.15, 0.2) is 23.8 Å². The Morgan fingerprint density at radius 1 is 1.23 bits per heavy atom. The largest absolute Gasteiger partial charge is 0.336 e. The molecule has 2 fully saturated rings. The molecule has 0 N–H and O–H groups in total. The van der Waals surface area contributed by atoms with Crippen molar-refractivity contribution in [2.45, 2.75) is 32.4 Å². The average molecular weight is 375 g/mol. The zero-order valence-electron chi connectivity index (χ0n) is 15.4. The average Bonchev–Trinajstić information content (AvgIpc) is 3.41. The summed E-state index contributed by atoms with van der Waals surface area (Å²) in [7, 11) is 0. The maximum absolute atomic E-state index is 13.0. The SMILES string of the molecule is CC(C)N1CCN(C2CCN(C(=O)c3sccc3-n3ccnn3)C2)CC1. The molecule has 1 atom stereocenters. The lowest BCUT2D eigenvalue weighted by atomic mass is 10.1. The van der Waals surface area contributed by atoms with Gasteiger partial charge in [0.1, 0.15) is 4.88 Å². The Labute approximate surface area is 158 Å². The topological polar surface area (TPSA) is 57.5 Å². The van der Waals surface area contributed by atoms with E-state index in [2.05, 4.69) is 34.0 Å². The minimum atomic E-state index is 0.119. The van der Waals surface area contributed by atoms with E-state index in [0.717, 1.165) is 56.3 Å². The molecule has 4 heterocycles. The van der Waals surface area contributed by atoms with Gasteiger partial charge in [-0.05, 0) is 31.7 Å². The van der Waals surface area contributed by atoms with E-state index in [0.29, 0.717) is 12.1 Å². The van der Waals surface area contributed by atoms with Crippen molar-refractivity contribution in [2.75, 3.05) is 39.3 Å². The number of hydrogen-bond donors (Lipinski definition) is 0. The molecule has 0 saturated carbocycles. The highest BCUT2D eigenvalue weighted by Gasteiger charge is 2.33. The molecular formula is C18H26N6OS. The molecule has 2 saturated heterocycles. The molecule has 4 rings (SSSR count). The molecule has 26 heavy (non-hydrogen) atoms. The smallest absolute Gasteiger partial charge is 0.266 e. The number of nitrogens with zero attached hydrogens (tertiary/aromatic N) is 6. The van der Waals surface area contributed by atoms with Crippen LogP contribution in [0.25, 0.3) is 5.69 Å². The fourth-order valence-electron chi connectivity index (χ4n) is 3.97. The van der Waals surface area contributed by atoms with Crippen LogP contribution >= 0.6 is 11.3 Å². The van der Waals surface area contributed by atoms with Crippen LogP contribution in [-0.2, 0) is 0 Å². The van der Waals surface area contributed by atoms with Crippen molar-refractivity contribution < 1.29 is 4.79 Å². The minimum absolute atomic E-state index is 0.119. The maximum atomic E-state index is 13.0. The fraction of sp³-hybridized carbons (Fsp3) is 0.611. The van der Waals surface area contributed by atoms with E-state index in [-0.39, 0.29) is 5.91 Å². The first-order valence-electron chi connectivity index (χ1n) is 9.35.